The fraction of sp³-hybridized carbons (Fsp3) is 0.688. The van der Waals surface area contributed by atoms with Gasteiger partial charge in [0.15, 0.2) is 5.96 Å². The lowest BCUT2D eigenvalue weighted by Crippen LogP contribution is -2.42. The molecule has 6 heteroatoms. The number of hydrogen-bond donors (Lipinski definition) is 2. The van der Waals surface area contributed by atoms with E-state index in [-0.39, 0.29) is 0 Å². The molecule has 2 N–H and O–H groups in total. The molecule has 0 saturated carbocycles. The van der Waals surface area contributed by atoms with Gasteiger partial charge in [0.05, 0.1) is 13.2 Å². The monoisotopic (exact) mass is 324 g/mol. The Morgan fingerprint density at radius 1 is 1.50 bits per heavy atom. The second kappa shape index (κ2) is 9.12. The van der Waals surface area contributed by atoms with Gasteiger partial charge in [0.1, 0.15) is 0 Å². The molecule has 5 nitrogen and oxygen atoms in total. The van der Waals surface area contributed by atoms with Crippen LogP contribution in [0.1, 0.15) is 24.3 Å². The lowest BCUT2D eigenvalue weighted by Gasteiger charge is -2.31. The minimum absolute atomic E-state index is 0.450. The highest BCUT2D eigenvalue weighted by Gasteiger charge is 2.21. The lowest BCUT2D eigenvalue weighted by atomic mass is 10.1. The Morgan fingerprint density at radius 2 is 2.36 bits per heavy atom. The number of nitrogens with zero attached hydrogens (tertiary/aromatic N) is 2. The highest BCUT2D eigenvalue weighted by Crippen LogP contribution is 2.25. The van der Waals surface area contributed by atoms with Gasteiger partial charge in [-0.3, -0.25) is 9.89 Å². The van der Waals surface area contributed by atoms with Gasteiger partial charge >= 0.3 is 0 Å². The first-order chi connectivity index (χ1) is 10.7. The maximum atomic E-state index is 5.06. The number of rotatable bonds is 7. The van der Waals surface area contributed by atoms with Crippen molar-refractivity contribution in [1.29, 1.82) is 0 Å². The van der Waals surface area contributed by atoms with Gasteiger partial charge in [-0.05, 0) is 37.3 Å². The Labute approximate surface area is 137 Å². The molecule has 1 aromatic rings. The van der Waals surface area contributed by atoms with Crippen LogP contribution in [0.3, 0.4) is 0 Å². The number of ether oxygens (including phenoxy) is 1. The molecule has 2 heterocycles. The van der Waals surface area contributed by atoms with Gasteiger partial charge in [0.2, 0.25) is 0 Å². The van der Waals surface area contributed by atoms with Crippen molar-refractivity contribution in [1.82, 2.24) is 15.5 Å². The van der Waals surface area contributed by atoms with Crippen molar-refractivity contribution in [2.24, 2.45) is 4.99 Å². The van der Waals surface area contributed by atoms with Crippen molar-refractivity contribution in [2.75, 3.05) is 39.9 Å². The van der Waals surface area contributed by atoms with E-state index in [1.165, 1.54) is 12.0 Å². The number of nitrogens with one attached hydrogen (secondary N) is 2. The molecule has 0 saturated heterocycles. The average molecular weight is 324 g/mol. The number of hydrogen-bond acceptors (Lipinski definition) is 4. The van der Waals surface area contributed by atoms with Gasteiger partial charge in [-0.2, -0.15) is 0 Å². The Bertz CT molecular complexity index is 474. The van der Waals surface area contributed by atoms with Crippen molar-refractivity contribution < 1.29 is 4.74 Å². The minimum atomic E-state index is 0.450. The minimum Gasteiger partial charge on any atom is -0.383 e. The normalized spacial score (nSPS) is 17.1. The van der Waals surface area contributed by atoms with Crippen LogP contribution in [0.25, 0.3) is 0 Å². The molecule has 0 aromatic carbocycles. The Morgan fingerprint density at radius 3 is 3.14 bits per heavy atom. The molecular formula is C16H28N4OS. The van der Waals surface area contributed by atoms with Gasteiger partial charge in [-0.1, -0.05) is 0 Å². The molecule has 2 rings (SSSR count). The van der Waals surface area contributed by atoms with E-state index in [0.717, 1.165) is 38.7 Å². The number of methoxy groups -OCH3 is 1. The van der Waals surface area contributed by atoms with Crippen molar-refractivity contribution in [2.45, 2.75) is 32.9 Å². The molecule has 0 bridgehead atoms. The molecular weight excluding hydrogens is 296 g/mol. The molecule has 1 unspecified atom stereocenters. The summed E-state index contributed by atoms with van der Waals surface area (Å²) in [5, 5.41) is 8.77. The van der Waals surface area contributed by atoms with E-state index in [2.05, 4.69) is 40.8 Å². The second-order valence-electron chi connectivity index (χ2n) is 5.58. The van der Waals surface area contributed by atoms with Crippen LogP contribution in [0.2, 0.25) is 0 Å². The van der Waals surface area contributed by atoms with Crippen LogP contribution in [-0.2, 0) is 17.7 Å². The van der Waals surface area contributed by atoms with Gasteiger partial charge in [-0.15, -0.1) is 11.3 Å². The number of aliphatic imine (C=N–C) groups is 1. The fourth-order valence-corrected chi connectivity index (χ4v) is 3.49. The summed E-state index contributed by atoms with van der Waals surface area (Å²) in [6, 6.07) is 2.71. The SMILES string of the molecule is CCNC(=NCC(C)N1CCc2sccc2C1)NCCOC. The predicted molar refractivity (Wildman–Crippen MR) is 93.8 cm³/mol. The summed E-state index contributed by atoms with van der Waals surface area (Å²) in [5.74, 6) is 0.875. The molecule has 1 aromatic heterocycles. The Balaban J connectivity index is 1.84. The molecule has 0 fully saturated rings. The van der Waals surface area contributed by atoms with Gasteiger partial charge in [0, 0.05) is 44.2 Å². The summed E-state index contributed by atoms with van der Waals surface area (Å²) >= 11 is 1.89. The molecule has 0 radical (unpaired) electrons. The van der Waals surface area contributed by atoms with E-state index in [1.807, 2.05) is 11.3 Å². The van der Waals surface area contributed by atoms with E-state index in [0.29, 0.717) is 12.6 Å². The zero-order valence-corrected chi connectivity index (χ0v) is 14.7. The smallest absolute Gasteiger partial charge is 0.191 e. The average Bonchev–Trinajstić information content (AvgIpc) is 3.00. The van der Waals surface area contributed by atoms with Crippen molar-refractivity contribution in [3.63, 3.8) is 0 Å². The number of guanidine groups is 1. The van der Waals surface area contributed by atoms with Crippen molar-refractivity contribution in [3.8, 4) is 0 Å². The van der Waals surface area contributed by atoms with E-state index in [1.54, 1.807) is 12.0 Å². The molecule has 0 spiro atoms. The highest BCUT2D eigenvalue weighted by molar-refractivity contribution is 7.10. The summed E-state index contributed by atoms with van der Waals surface area (Å²) in [6.07, 6.45) is 1.17. The maximum absolute atomic E-state index is 5.06. The third-order valence-corrected chi connectivity index (χ3v) is 4.94. The van der Waals surface area contributed by atoms with Gasteiger partial charge in [0.25, 0.3) is 0 Å². The Hall–Kier alpha value is -1.11. The van der Waals surface area contributed by atoms with E-state index in [4.69, 9.17) is 9.73 Å². The first-order valence-corrected chi connectivity index (χ1v) is 8.93. The predicted octanol–water partition coefficient (Wildman–Crippen LogP) is 1.70. The van der Waals surface area contributed by atoms with Gasteiger partial charge < -0.3 is 15.4 Å². The largest absolute Gasteiger partial charge is 0.383 e. The third kappa shape index (κ3) is 4.97. The third-order valence-electron chi connectivity index (χ3n) is 3.92. The lowest BCUT2D eigenvalue weighted by molar-refractivity contribution is 0.196. The Kier molecular flexibility index (Phi) is 7.15. The van der Waals surface area contributed by atoms with Crippen LogP contribution in [0.15, 0.2) is 16.4 Å². The molecule has 0 aliphatic carbocycles. The van der Waals surface area contributed by atoms with Crippen molar-refractivity contribution in [3.05, 3.63) is 21.9 Å². The quantitative estimate of drug-likeness (QED) is 0.455. The van der Waals surface area contributed by atoms with E-state index < -0.39 is 0 Å². The standard InChI is InChI=1S/C16H28N4OS/c1-4-17-16(18-7-9-21-3)19-11-13(2)20-8-5-15-14(12-20)6-10-22-15/h6,10,13H,4-5,7-9,11-12H2,1-3H3,(H2,17,18,19). The first kappa shape index (κ1) is 17.2. The number of fused-ring (bicyclic) bond motifs is 1. The molecule has 22 heavy (non-hydrogen) atoms. The summed E-state index contributed by atoms with van der Waals surface area (Å²) in [7, 11) is 1.71. The zero-order valence-electron chi connectivity index (χ0n) is 13.9. The molecule has 0 amide bonds. The van der Waals surface area contributed by atoms with Crippen LogP contribution in [0.4, 0.5) is 0 Å². The maximum Gasteiger partial charge on any atom is 0.191 e. The summed E-state index contributed by atoms with van der Waals surface area (Å²) in [6.45, 7) is 9.68. The van der Waals surface area contributed by atoms with E-state index >= 15 is 0 Å². The van der Waals surface area contributed by atoms with Crippen LogP contribution in [0.5, 0.6) is 0 Å². The topological polar surface area (TPSA) is 48.9 Å². The molecule has 1 aliphatic rings. The fourth-order valence-electron chi connectivity index (χ4n) is 2.60. The van der Waals surface area contributed by atoms with Crippen LogP contribution in [-0.4, -0.2) is 56.8 Å². The summed E-state index contributed by atoms with van der Waals surface area (Å²) in [5.41, 5.74) is 1.50. The van der Waals surface area contributed by atoms with Crippen LogP contribution in [0, 0.1) is 0 Å². The number of thiophene rings is 1. The van der Waals surface area contributed by atoms with E-state index in [9.17, 15) is 0 Å². The summed E-state index contributed by atoms with van der Waals surface area (Å²) in [4.78, 5) is 8.79. The zero-order chi connectivity index (χ0) is 15.8. The molecule has 124 valence electrons. The van der Waals surface area contributed by atoms with Gasteiger partial charge in [-0.25, -0.2) is 0 Å². The molecule has 1 atom stereocenters. The van der Waals surface area contributed by atoms with Crippen molar-refractivity contribution >= 4 is 17.3 Å². The van der Waals surface area contributed by atoms with Crippen LogP contribution < -0.4 is 10.6 Å². The summed E-state index contributed by atoms with van der Waals surface area (Å²) < 4.78 is 5.06. The second-order valence-corrected chi connectivity index (χ2v) is 6.58. The highest BCUT2D eigenvalue weighted by atomic mass is 32.1. The molecule has 1 aliphatic heterocycles. The first-order valence-electron chi connectivity index (χ1n) is 8.05. The van der Waals surface area contributed by atoms with Crippen LogP contribution >= 0.6 is 11.3 Å².